The Morgan fingerprint density at radius 1 is 1.15 bits per heavy atom. The molecule has 0 unspecified atom stereocenters. The van der Waals surface area contributed by atoms with E-state index in [2.05, 4.69) is 22.6 Å². The van der Waals surface area contributed by atoms with Gasteiger partial charge in [-0.05, 0) is 53.3 Å². The molecule has 4 heteroatoms. The molecular formula is C16H17IO2S. The molecule has 0 spiro atoms. The molecule has 0 amide bonds. The Kier molecular flexibility index (Phi) is 5.74. The van der Waals surface area contributed by atoms with E-state index in [1.165, 1.54) is 5.56 Å². The third kappa shape index (κ3) is 3.90. The van der Waals surface area contributed by atoms with Crippen LogP contribution in [0.15, 0.2) is 53.4 Å². The monoisotopic (exact) mass is 400 g/mol. The van der Waals surface area contributed by atoms with Crippen molar-refractivity contribution in [2.45, 2.75) is 17.9 Å². The van der Waals surface area contributed by atoms with Gasteiger partial charge in [0.15, 0.2) is 0 Å². The van der Waals surface area contributed by atoms with Gasteiger partial charge in [0.05, 0.1) is 22.7 Å². The number of halogens is 1. The lowest BCUT2D eigenvalue weighted by Gasteiger charge is -2.17. The van der Waals surface area contributed by atoms with E-state index in [0.717, 1.165) is 14.0 Å². The molecule has 2 aromatic rings. The zero-order valence-electron chi connectivity index (χ0n) is 11.5. The van der Waals surface area contributed by atoms with Crippen molar-refractivity contribution in [3.8, 4) is 0 Å². The maximum absolute atomic E-state index is 12.4. The lowest BCUT2D eigenvalue weighted by atomic mass is 10.1. The van der Waals surface area contributed by atoms with E-state index in [9.17, 15) is 4.21 Å². The summed E-state index contributed by atoms with van der Waals surface area (Å²) >= 11 is 2.29. The summed E-state index contributed by atoms with van der Waals surface area (Å²) in [5.74, 6) is 0.472. The van der Waals surface area contributed by atoms with Crippen LogP contribution in [0.2, 0.25) is 0 Å². The summed E-state index contributed by atoms with van der Waals surface area (Å²) in [5, 5.41) is 0. The fourth-order valence-electron chi connectivity index (χ4n) is 1.94. The minimum Gasteiger partial charge on any atom is -0.376 e. The van der Waals surface area contributed by atoms with Crippen molar-refractivity contribution >= 4 is 33.4 Å². The van der Waals surface area contributed by atoms with Gasteiger partial charge in [-0.2, -0.15) is 0 Å². The van der Waals surface area contributed by atoms with Gasteiger partial charge in [0, 0.05) is 15.6 Å². The second kappa shape index (κ2) is 7.33. The molecule has 20 heavy (non-hydrogen) atoms. The van der Waals surface area contributed by atoms with E-state index >= 15 is 0 Å². The minimum atomic E-state index is -1.06. The minimum absolute atomic E-state index is 0.148. The molecular weight excluding hydrogens is 383 g/mol. The average Bonchev–Trinajstić information content (AvgIpc) is 2.46. The fourth-order valence-corrected chi connectivity index (χ4v) is 3.90. The van der Waals surface area contributed by atoms with Crippen LogP contribution in [0, 0.1) is 10.5 Å². The molecule has 0 saturated heterocycles. The van der Waals surface area contributed by atoms with Crippen LogP contribution in [0.5, 0.6) is 0 Å². The first-order chi connectivity index (χ1) is 9.61. The van der Waals surface area contributed by atoms with E-state index in [0.29, 0.717) is 5.75 Å². The number of rotatable bonds is 5. The quantitative estimate of drug-likeness (QED) is 0.707. The van der Waals surface area contributed by atoms with Crippen LogP contribution in [-0.2, 0) is 15.5 Å². The average molecular weight is 400 g/mol. The van der Waals surface area contributed by atoms with Crippen molar-refractivity contribution < 1.29 is 8.95 Å². The number of hydrogen-bond donors (Lipinski definition) is 0. The van der Waals surface area contributed by atoms with Gasteiger partial charge in [-0.15, -0.1) is 0 Å². The first kappa shape index (κ1) is 15.7. The van der Waals surface area contributed by atoms with Crippen LogP contribution in [0.4, 0.5) is 0 Å². The molecule has 106 valence electrons. The van der Waals surface area contributed by atoms with Crippen LogP contribution < -0.4 is 0 Å². The first-order valence-corrected chi connectivity index (χ1v) is 8.74. The van der Waals surface area contributed by atoms with Crippen molar-refractivity contribution in [3.05, 3.63) is 63.2 Å². The van der Waals surface area contributed by atoms with Gasteiger partial charge in [0.25, 0.3) is 0 Å². The predicted molar refractivity (Wildman–Crippen MR) is 91.4 cm³/mol. The number of aryl methyl sites for hydroxylation is 1. The lowest BCUT2D eigenvalue weighted by Crippen LogP contribution is -2.13. The smallest absolute Gasteiger partial charge is 0.0950 e. The molecule has 0 N–H and O–H groups in total. The zero-order valence-corrected chi connectivity index (χ0v) is 14.5. The van der Waals surface area contributed by atoms with E-state index in [-0.39, 0.29) is 6.10 Å². The van der Waals surface area contributed by atoms with Gasteiger partial charge in [0.1, 0.15) is 0 Å². The van der Waals surface area contributed by atoms with Crippen LogP contribution in [0.3, 0.4) is 0 Å². The normalized spacial score (nSPS) is 13.9. The summed E-state index contributed by atoms with van der Waals surface area (Å²) in [5.41, 5.74) is 2.27. The molecule has 0 aliphatic carbocycles. The van der Waals surface area contributed by atoms with Gasteiger partial charge in [0.2, 0.25) is 0 Å². The molecule has 0 aromatic heterocycles. The standard InChI is InChI=1S/C16H17IO2S/c1-12-7-9-13(10-8-12)20(18)11-16(19-2)14-5-3-4-6-15(14)17/h3-10,16H,11H2,1-2H3/t16-,20+/m0/s1. The molecule has 0 heterocycles. The maximum Gasteiger partial charge on any atom is 0.0950 e. The van der Waals surface area contributed by atoms with Crippen LogP contribution in [0.25, 0.3) is 0 Å². The molecule has 2 nitrogen and oxygen atoms in total. The largest absolute Gasteiger partial charge is 0.376 e. The molecule has 2 aromatic carbocycles. The van der Waals surface area contributed by atoms with Crippen molar-refractivity contribution in [2.75, 3.05) is 12.9 Å². The summed E-state index contributed by atoms with van der Waals surface area (Å²) in [6.45, 7) is 2.02. The van der Waals surface area contributed by atoms with Crippen molar-refractivity contribution in [2.24, 2.45) is 0 Å². The lowest BCUT2D eigenvalue weighted by molar-refractivity contribution is 0.122. The van der Waals surface area contributed by atoms with Crippen LogP contribution in [0.1, 0.15) is 17.2 Å². The number of methoxy groups -OCH3 is 1. The second-order valence-electron chi connectivity index (χ2n) is 4.57. The first-order valence-electron chi connectivity index (χ1n) is 6.34. The maximum atomic E-state index is 12.4. The molecule has 0 aliphatic heterocycles. The fraction of sp³-hybridized carbons (Fsp3) is 0.250. The highest BCUT2D eigenvalue weighted by Gasteiger charge is 2.17. The summed E-state index contributed by atoms with van der Waals surface area (Å²) in [4.78, 5) is 0.851. The Labute approximate surface area is 136 Å². The van der Waals surface area contributed by atoms with Gasteiger partial charge in [-0.3, -0.25) is 4.21 Å². The predicted octanol–water partition coefficient (Wildman–Crippen LogP) is 4.09. The summed E-state index contributed by atoms with van der Waals surface area (Å²) < 4.78 is 19.1. The molecule has 2 atom stereocenters. The van der Waals surface area contributed by atoms with Crippen LogP contribution >= 0.6 is 22.6 Å². The Hall–Kier alpha value is -0.720. The molecule has 0 radical (unpaired) electrons. The van der Waals surface area contributed by atoms with Crippen molar-refractivity contribution in [1.82, 2.24) is 0 Å². The van der Waals surface area contributed by atoms with Crippen molar-refractivity contribution in [1.29, 1.82) is 0 Å². The number of hydrogen-bond acceptors (Lipinski definition) is 2. The number of benzene rings is 2. The van der Waals surface area contributed by atoms with E-state index in [1.54, 1.807) is 7.11 Å². The van der Waals surface area contributed by atoms with E-state index < -0.39 is 10.8 Å². The van der Waals surface area contributed by atoms with Gasteiger partial charge >= 0.3 is 0 Å². The van der Waals surface area contributed by atoms with E-state index in [1.807, 2.05) is 55.5 Å². The Balaban J connectivity index is 2.16. The molecule has 2 rings (SSSR count). The Bertz CT molecular complexity index is 596. The van der Waals surface area contributed by atoms with Gasteiger partial charge < -0.3 is 4.74 Å². The highest BCUT2D eigenvalue weighted by atomic mass is 127. The zero-order chi connectivity index (χ0) is 14.5. The Morgan fingerprint density at radius 3 is 2.40 bits per heavy atom. The molecule has 0 fully saturated rings. The van der Waals surface area contributed by atoms with Gasteiger partial charge in [-0.1, -0.05) is 35.9 Å². The summed E-state index contributed by atoms with van der Waals surface area (Å²) in [7, 11) is 0.608. The SMILES string of the molecule is CO[C@@H](C[S@@](=O)c1ccc(C)cc1)c1ccccc1I. The van der Waals surface area contributed by atoms with Gasteiger partial charge in [-0.25, -0.2) is 0 Å². The van der Waals surface area contributed by atoms with Crippen molar-refractivity contribution in [3.63, 3.8) is 0 Å². The third-order valence-corrected chi connectivity index (χ3v) is 5.51. The molecule has 0 bridgehead atoms. The molecule has 0 aliphatic rings. The number of ether oxygens (including phenoxy) is 1. The highest BCUT2D eigenvalue weighted by Crippen LogP contribution is 2.24. The topological polar surface area (TPSA) is 26.3 Å². The summed E-state index contributed by atoms with van der Waals surface area (Å²) in [6, 6.07) is 15.9. The van der Waals surface area contributed by atoms with Crippen LogP contribution in [-0.4, -0.2) is 17.1 Å². The highest BCUT2D eigenvalue weighted by molar-refractivity contribution is 14.1. The summed E-state index contributed by atoms with van der Waals surface area (Å²) in [6.07, 6.45) is -0.148. The third-order valence-electron chi connectivity index (χ3n) is 3.12. The van der Waals surface area contributed by atoms with E-state index in [4.69, 9.17) is 4.74 Å². The molecule has 0 saturated carbocycles. The Morgan fingerprint density at radius 2 is 1.80 bits per heavy atom. The second-order valence-corrected chi connectivity index (χ2v) is 7.23.